The Morgan fingerprint density at radius 3 is 2.51 bits per heavy atom. The molecule has 0 aliphatic carbocycles. The van der Waals surface area contributed by atoms with E-state index in [9.17, 15) is 24.9 Å². The van der Waals surface area contributed by atoms with Gasteiger partial charge in [0.1, 0.15) is 17.7 Å². The topological polar surface area (TPSA) is 129 Å². The lowest BCUT2D eigenvalue weighted by molar-refractivity contribution is -0.129. The number of nitrogens with one attached hydrogen (secondary N) is 1. The van der Waals surface area contributed by atoms with Crippen molar-refractivity contribution in [3.63, 3.8) is 0 Å². The van der Waals surface area contributed by atoms with Crippen molar-refractivity contribution in [3.8, 4) is 6.07 Å². The number of nitrogens with zero attached hydrogens (tertiary/aromatic N) is 4. The maximum atomic E-state index is 13.2. The highest BCUT2D eigenvalue weighted by Gasteiger charge is 2.33. The van der Waals surface area contributed by atoms with Crippen molar-refractivity contribution in [2.75, 3.05) is 46.3 Å². The first-order valence-corrected chi connectivity index (χ1v) is 12.8. The SMILES string of the molecule is CN1CCN(C(C)(C)C=C(C#N)C(=O)N2CCC[C@H](OC(=O)NC(Cc3ccccc3)B(O)O)C2)CC1. The smallest absolute Gasteiger partial charge is 0.444 e. The summed E-state index contributed by atoms with van der Waals surface area (Å²) in [5.74, 6) is -1.31. The number of piperazine rings is 1. The molecule has 0 radical (unpaired) electrons. The normalized spacial score (nSPS) is 20.6. The zero-order chi connectivity index (χ0) is 27.0. The molecule has 200 valence electrons. The minimum absolute atomic E-state index is 0.0837. The average molecular weight is 511 g/mol. The molecule has 1 aromatic rings. The number of amides is 2. The number of hydrogen-bond donors (Lipinski definition) is 3. The largest absolute Gasteiger partial charge is 0.475 e. The molecule has 2 saturated heterocycles. The fourth-order valence-electron chi connectivity index (χ4n) is 4.79. The second-order valence-electron chi connectivity index (χ2n) is 10.4. The Balaban J connectivity index is 1.58. The molecule has 3 rings (SSSR count). The lowest BCUT2D eigenvalue weighted by atomic mass is 9.76. The van der Waals surface area contributed by atoms with Crippen LogP contribution < -0.4 is 5.32 Å². The lowest BCUT2D eigenvalue weighted by Gasteiger charge is -2.42. The number of carbonyl (C=O) groups is 2. The van der Waals surface area contributed by atoms with Gasteiger partial charge in [-0.3, -0.25) is 9.69 Å². The third-order valence-electron chi connectivity index (χ3n) is 7.07. The molecule has 3 N–H and O–H groups in total. The second-order valence-corrected chi connectivity index (χ2v) is 10.4. The Hall–Kier alpha value is -2.91. The van der Waals surface area contributed by atoms with Crippen molar-refractivity contribution in [2.24, 2.45) is 0 Å². The third-order valence-corrected chi connectivity index (χ3v) is 7.07. The van der Waals surface area contributed by atoms with Gasteiger partial charge in [0.05, 0.1) is 12.5 Å². The Morgan fingerprint density at radius 1 is 1.22 bits per heavy atom. The van der Waals surface area contributed by atoms with E-state index in [1.165, 1.54) is 0 Å². The van der Waals surface area contributed by atoms with Gasteiger partial charge in [-0.25, -0.2) is 4.79 Å². The van der Waals surface area contributed by atoms with E-state index in [-0.39, 0.29) is 24.4 Å². The Morgan fingerprint density at radius 2 is 1.89 bits per heavy atom. The van der Waals surface area contributed by atoms with Crippen LogP contribution in [0.2, 0.25) is 0 Å². The molecule has 0 spiro atoms. The van der Waals surface area contributed by atoms with Gasteiger partial charge >= 0.3 is 13.2 Å². The molecule has 2 amide bonds. The number of piperidine rings is 1. The van der Waals surface area contributed by atoms with Crippen molar-refractivity contribution in [1.29, 1.82) is 5.26 Å². The van der Waals surface area contributed by atoms with E-state index in [1.807, 2.05) is 44.2 Å². The van der Waals surface area contributed by atoms with Gasteiger partial charge < -0.3 is 29.9 Å². The summed E-state index contributed by atoms with van der Waals surface area (Å²) in [6.07, 6.45) is 1.83. The molecule has 1 unspecified atom stereocenters. The third kappa shape index (κ3) is 8.30. The van der Waals surface area contributed by atoms with Crippen LogP contribution in [0.4, 0.5) is 4.79 Å². The van der Waals surface area contributed by atoms with Gasteiger partial charge in [0.15, 0.2) is 0 Å². The summed E-state index contributed by atoms with van der Waals surface area (Å²) in [5, 5.41) is 31.7. The number of carbonyl (C=O) groups excluding carboxylic acids is 2. The van der Waals surface area contributed by atoms with Gasteiger partial charge in [-0.1, -0.05) is 30.3 Å². The number of alkyl carbamates (subject to hydrolysis) is 1. The van der Waals surface area contributed by atoms with E-state index in [0.29, 0.717) is 19.4 Å². The van der Waals surface area contributed by atoms with Crippen LogP contribution in [0.5, 0.6) is 0 Å². The van der Waals surface area contributed by atoms with Crippen LogP contribution in [0.15, 0.2) is 42.0 Å². The molecule has 2 aliphatic heterocycles. The minimum Gasteiger partial charge on any atom is -0.444 e. The maximum absolute atomic E-state index is 13.2. The Labute approximate surface area is 219 Å². The molecule has 2 heterocycles. The van der Waals surface area contributed by atoms with E-state index in [1.54, 1.807) is 11.0 Å². The Bertz CT molecular complexity index is 989. The molecular formula is C26H38BN5O5. The molecule has 37 heavy (non-hydrogen) atoms. The molecule has 0 aromatic heterocycles. The first-order valence-electron chi connectivity index (χ1n) is 12.8. The zero-order valence-electron chi connectivity index (χ0n) is 22.0. The van der Waals surface area contributed by atoms with Crippen molar-refractivity contribution < 1.29 is 24.4 Å². The lowest BCUT2D eigenvalue weighted by Crippen LogP contribution is -2.53. The summed E-state index contributed by atoms with van der Waals surface area (Å²) in [6, 6.07) is 11.3. The van der Waals surface area contributed by atoms with Gasteiger partial charge in [-0.2, -0.15) is 5.26 Å². The summed E-state index contributed by atoms with van der Waals surface area (Å²) in [7, 11) is 0.318. The standard InChI is InChI=1S/C26H38BN5O5/c1-26(2,32-14-12-30(3)13-15-32)17-21(18-28)24(33)31-11-7-10-22(19-31)37-25(34)29-23(27(35)36)16-20-8-5-4-6-9-20/h4-6,8-9,17,22-23,35-36H,7,10-16,19H2,1-3H3,(H,29,34)/t22-,23?/m0/s1. The van der Waals surface area contributed by atoms with Crippen LogP contribution in [-0.4, -0.2) is 108 Å². The van der Waals surface area contributed by atoms with Gasteiger partial charge in [0.25, 0.3) is 5.91 Å². The molecule has 1 aromatic carbocycles. The predicted molar refractivity (Wildman–Crippen MR) is 140 cm³/mol. The maximum Gasteiger partial charge on any atom is 0.475 e. The quantitative estimate of drug-likeness (QED) is 0.266. The molecule has 10 nitrogen and oxygen atoms in total. The van der Waals surface area contributed by atoms with Crippen molar-refractivity contribution in [3.05, 3.63) is 47.5 Å². The zero-order valence-corrected chi connectivity index (χ0v) is 22.0. The van der Waals surface area contributed by atoms with Crippen LogP contribution in [0.25, 0.3) is 0 Å². The predicted octanol–water partition coefficient (Wildman–Crippen LogP) is 0.803. The molecule has 2 aliphatic rings. The number of benzene rings is 1. The van der Waals surface area contributed by atoms with E-state index >= 15 is 0 Å². The molecule has 2 atom stereocenters. The first-order chi connectivity index (χ1) is 17.6. The molecule has 11 heteroatoms. The fraction of sp³-hybridized carbons (Fsp3) is 0.577. The van der Waals surface area contributed by atoms with Gasteiger partial charge in [0, 0.05) is 38.3 Å². The van der Waals surface area contributed by atoms with Crippen LogP contribution in [0.3, 0.4) is 0 Å². The van der Waals surface area contributed by atoms with Crippen LogP contribution >= 0.6 is 0 Å². The van der Waals surface area contributed by atoms with Crippen LogP contribution in [-0.2, 0) is 16.0 Å². The van der Waals surface area contributed by atoms with Crippen molar-refractivity contribution >= 4 is 19.1 Å². The van der Waals surface area contributed by atoms with Gasteiger partial charge in [-0.05, 0) is 51.8 Å². The number of likely N-dealkylation sites (tertiary alicyclic amines) is 1. The number of hydrogen-bond acceptors (Lipinski definition) is 8. The van der Waals surface area contributed by atoms with E-state index in [2.05, 4.69) is 28.2 Å². The average Bonchev–Trinajstić information content (AvgIpc) is 2.87. The number of likely N-dealkylation sites (N-methyl/N-ethyl adjacent to an activating group) is 1. The number of ether oxygens (including phenoxy) is 1. The molecule has 0 bridgehead atoms. The molecular weight excluding hydrogens is 473 g/mol. The summed E-state index contributed by atoms with van der Waals surface area (Å²) >= 11 is 0. The Kier molecular flexibility index (Phi) is 10.1. The van der Waals surface area contributed by atoms with E-state index in [0.717, 1.165) is 31.7 Å². The monoisotopic (exact) mass is 511 g/mol. The van der Waals surface area contributed by atoms with E-state index < -0.39 is 30.8 Å². The highest BCUT2D eigenvalue weighted by molar-refractivity contribution is 6.43. The molecule has 2 fully saturated rings. The van der Waals surface area contributed by atoms with Crippen LogP contribution in [0, 0.1) is 11.3 Å². The summed E-state index contributed by atoms with van der Waals surface area (Å²) in [4.78, 5) is 31.8. The van der Waals surface area contributed by atoms with Crippen LogP contribution in [0.1, 0.15) is 32.3 Å². The van der Waals surface area contributed by atoms with Gasteiger partial charge in [0.2, 0.25) is 0 Å². The number of nitriles is 1. The summed E-state index contributed by atoms with van der Waals surface area (Å²) in [6.45, 7) is 8.24. The number of rotatable bonds is 8. The second kappa shape index (κ2) is 13.1. The summed E-state index contributed by atoms with van der Waals surface area (Å²) in [5.41, 5.74) is 0.470. The minimum atomic E-state index is -1.76. The first kappa shape index (κ1) is 28.7. The fourth-order valence-corrected chi connectivity index (χ4v) is 4.79. The summed E-state index contributed by atoms with van der Waals surface area (Å²) < 4.78 is 5.53. The van der Waals surface area contributed by atoms with E-state index in [4.69, 9.17) is 4.74 Å². The van der Waals surface area contributed by atoms with Crippen molar-refractivity contribution in [1.82, 2.24) is 20.0 Å². The molecule has 0 saturated carbocycles. The van der Waals surface area contributed by atoms with Crippen molar-refractivity contribution in [2.45, 2.75) is 50.7 Å². The van der Waals surface area contributed by atoms with Gasteiger partial charge in [-0.15, -0.1) is 0 Å². The highest BCUT2D eigenvalue weighted by Crippen LogP contribution is 2.22. The highest BCUT2D eigenvalue weighted by atomic mass is 16.6.